The van der Waals surface area contributed by atoms with E-state index in [1.807, 2.05) is 0 Å². The zero-order chi connectivity index (χ0) is 15.3. The molecule has 0 saturated carbocycles. The molecule has 0 aromatic heterocycles. The van der Waals surface area contributed by atoms with Gasteiger partial charge in [0.1, 0.15) is 0 Å². The van der Waals surface area contributed by atoms with E-state index < -0.39 is 0 Å². The summed E-state index contributed by atoms with van der Waals surface area (Å²) >= 11 is 2.11. The standard InChI is InChI=1S/C20H32OS/c1(2-7-13-20-14-8-9-16-21-20)3-10-17-22-18-15-19-11-5-4-6-12-19/h4-6,11-12,20H,1-3,7-10,13-18H2. The molecule has 0 spiro atoms. The van der Waals surface area contributed by atoms with Crippen LogP contribution >= 0.6 is 11.8 Å². The van der Waals surface area contributed by atoms with Gasteiger partial charge in [-0.15, -0.1) is 0 Å². The van der Waals surface area contributed by atoms with Gasteiger partial charge in [0.15, 0.2) is 0 Å². The Morgan fingerprint density at radius 3 is 2.55 bits per heavy atom. The van der Waals surface area contributed by atoms with Gasteiger partial charge >= 0.3 is 0 Å². The Bertz CT molecular complexity index is 359. The molecular weight excluding hydrogens is 288 g/mol. The topological polar surface area (TPSA) is 9.23 Å². The largest absolute Gasteiger partial charge is 0.378 e. The highest BCUT2D eigenvalue weighted by atomic mass is 32.2. The molecule has 22 heavy (non-hydrogen) atoms. The quantitative estimate of drug-likeness (QED) is 0.471. The van der Waals surface area contributed by atoms with Crippen LogP contribution in [0.2, 0.25) is 0 Å². The molecule has 1 aliphatic heterocycles. The number of thioether (sulfide) groups is 1. The smallest absolute Gasteiger partial charge is 0.0575 e. The van der Waals surface area contributed by atoms with Gasteiger partial charge < -0.3 is 4.74 Å². The summed E-state index contributed by atoms with van der Waals surface area (Å²) in [7, 11) is 0. The first-order valence-corrected chi connectivity index (χ1v) is 10.3. The molecule has 0 bridgehead atoms. The van der Waals surface area contributed by atoms with Crippen LogP contribution in [0.4, 0.5) is 0 Å². The molecule has 1 aromatic rings. The number of aryl methyl sites for hydroxylation is 1. The highest BCUT2D eigenvalue weighted by Crippen LogP contribution is 2.19. The maximum Gasteiger partial charge on any atom is 0.0575 e. The van der Waals surface area contributed by atoms with Crippen molar-refractivity contribution in [1.82, 2.24) is 0 Å². The van der Waals surface area contributed by atoms with Crippen molar-refractivity contribution in [2.75, 3.05) is 18.1 Å². The third kappa shape index (κ3) is 8.24. The van der Waals surface area contributed by atoms with Gasteiger partial charge in [-0.1, -0.05) is 56.0 Å². The minimum atomic E-state index is 0.585. The Morgan fingerprint density at radius 2 is 1.73 bits per heavy atom. The zero-order valence-corrected chi connectivity index (χ0v) is 14.8. The monoisotopic (exact) mass is 320 g/mol. The van der Waals surface area contributed by atoms with E-state index in [4.69, 9.17) is 4.74 Å². The van der Waals surface area contributed by atoms with Gasteiger partial charge in [-0.25, -0.2) is 0 Å². The third-order valence-corrected chi connectivity index (χ3v) is 5.54. The number of rotatable bonds is 11. The first kappa shape index (κ1) is 17.9. The van der Waals surface area contributed by atoms with E-state index >= 15 is 0 Å². The highest BCUT2D eigenvalue weighted by Gasteiger charge is 2.12. The molecule has 2 heteroatoms. The molecule has 1 atom stereocenters. The molecule has 0 N–H and O–H groups in total. The van der Waals surface area contributed by atoms with Gasteiger partial charge in [0.2, 0.25) is 0 Å². The lowest BCUT2D eigenvalue weighted by Crippen LogP contribution is -2.18. The molecule has 1 saturated heterocycles. The summed E-state index contributed by atoms with van der Waals surface area (Å²) in [4.78, 5) is 0. The fourth-order valence-corrected chi connectivity index (χ4v) is 4.07. The lowest BCUT2D eigenvalue weighted by atomic mass is 10.0. The SMILES string of the molecule is c1ccc(CCSCCCCCCCC2CCCCO2)cc1. The Balaban J connectivity index is 1.32. The van der Waals surface area contributed by atoms with E-state index in [0.29, 0.717) is 6.10 Å². The average Bonchev–Trinajstić information content (AvgIpc) is 2.58. The second kappa shape index (κ2) is 12.0. The summed E-state index contributed by atoms with van der Waals surface area (Å²) in [5.41, 5.74) is 1.47. The van der Waals surface area contributed by atoms with E-state index in [9.17, 15) is 0 Å². The van der Waals surface area contributed by atoms with Crippen LogP contribution in [0.1, 0.15) is 63.4 Å². The molecule has 1 aliphatic rings. The summed E-state index contributed by atoms with van der Waals surface area (Å²) in [6.45, 7) is 1.00. The second-order valence-corrected chi connectivity index (χ2v) is 7.62. The molecule has 0 aliphatic carbocycles. The fraction of sp³-hybridized carbons (Fsp3) is 0.700. The molecule has 1 heterocycles. The van der Waals surface area contributed by atoms with Crippen LogP contribution < -0.4 is 0 Å². The Morgan fingerprint density at radius 1 is 0.909 bits per heavy atom. The van der Waals surface area contributed by atoms with Gasteiger partial charge in [-0.2, -0.15) is 11.8 Å². The molecule has 1 aromatic carbocycles. The van der Waals surface area contributed by atoms with Crippen LogP contribution in [0, 0.1) is 0 Å². The van der Waals surface area contributed by atoms with Crippen LogP contribution in [0.3, 0.4) is 0 Å². The van der Waals surface area contributed by atoms with Gasteiger partial charge in [0.25, 0.3) is 0 Å². The minimum Gasteiger partial charge on any atom is -0.378 e. The van der Waals surface area contributed by atoms with Gasteiger partial charge in [-0.05, 0) is 55.6 Å². The maximum atomic E-state index is 5.78. The second-order valence-electron chi connectivity index (χ2n) is 6.39. The van der Waals surface area contributed by atoms with E-state index in [1.165, 1.54) is 81.3 Å². The summed E-state index contributed by atoms with van der Waals surface area (Å²) < 4.78 is 5.78. The van der Waals surface area contributed by atoms with E-state index in [2.05, 4.69) is 42.1 Å². The molecule has 2 rings (SSSR count). The van der Waals surface area contributed by atoms with E-state index in [-0.39, 0.29) is 0 Å². The van der Waals surface area contributed by atoms with Gasteiger partial charge in [-0.3, -0.25) is 0 Å². The van der Waals surface area contributed by atoms with Crippen molar-refractivity contribution in [1.29, 1.82) is 0 Å². The normalized spacial score (nSPS) is 18.5. The molecule has 0 amide bonds. The number of ether oxygens (including phenoxy) is 1. The zero-order valence-electron chi connectivity index (χ0n) is 14.0. The summed E-state index contributed by atoms with van der Waals surface area (Å²) in [5.74, 6) is 2.60. The first-order chi connectivity index (χ1) is 10.9. The number of benzene rings is 1. The minimum absolute atomic E-state index is 0.585. The van der Waals surface area contributed by atoms with Crippen LogP contribution in [0.5, 0.6) is 0 Å². The van der Waals surface area contributed by atoms with Crippen molar-refractivity contribution in [2.45, 2.75) is 70.3 Å². The molecule has 124 valence electrons. The summed E-state index contributed by atoms with van der Waals surface area (Å²) in [6, 6.07) is 10.8. The van der Waals surface area contributed by atoms with E-state index in [1.54, 1.807) is 0 Å². The highest BCUT2D eigenvalue weighted by molar-refractivity contribution is 7.99. The third-order valence-electron chi connectivity index (χ3n) is 4.47. The predicted octanol–water partition coefficient (Wildman–Crippen LogP) is 5.87. The Labute approximate surface area is 141 Å². The fourth-order valence-electron chi connectivity index (χ4n) is 3.08. The first-order valence-electron chi connectivity index (χ1n) is 9.18. The van der Waals surface area contributed by atoms with E-state index in [0.717, 1.165) is 6.61 Å². The predicted molar refractivity (Wildman–Crippen MR) is 98.8 cm³/mol. The number of hydrogen-bond donors (Lipinski definition) is 0. The summed E-state index contributed by atoms with van der Waals surface area (Å²) in [6.07, 6.45) is 14.0. The van der Waals surface area contributed by atoms with Crippen molar-refractivity contribution < 1.29 is 4.74 Å². The molecule has 1 nitrogen and oxygen atoms in total. The van der Waals surface area contributed by atoms with Gasteiger partial charge in [0.05, 0.1) is 6.10 Å². The summed E-state index contributed by atoms with van der Waals surface area (Å²) in [5, 5.41) is 0. The van der Waals surface area contributed by atoms with Crippen molar-refractivity contribution in [3.8, 4) is 0 Å². The lowest BCUT2D eigenvalue weighted by Gasteiger charge is -2.22. The Hall–Kier alpha value is -0.470. The molecular formula is C20H32OS. The van der Waals surface area contributed by atoms with Crippen molar-refractivity contribution in [2.24, 2.45) is 0 Å². The molecule has 1 unspecified atom stereocenters. The van der Waals surface area contributed by atoms with Crippen LogP contribution in [-0.2, 0) is 11.2 Å². The Kier molecular flexibility index (Phi) is 9.76. The number of hydrogen-bond acceptors (Lipinski definition) is 2. The van der Waals surface area contributed by atoms with Crippen molar-refractivity contribution in [3.63, 3.8) is 0 Å². The molecule has 1 fully saturated rings. The van der Waals surface area contributed by atoms with Crippen LogP contribution in [0.25, 0.3) is 0 Å². The van der Waals surface area contributed by atoms with Crippen LogP contribution in [0.15, 0.2) is 30.3 Å². The van der Waals surface area contributed by atoms with Crippen molar-refractivity contribution >= 4 is 11.8 Å². The van der Waals surface area contributed by atoms with Gasteiger partial charge in [0, 0.05) is 6.61 Å². The lowest BCUT2D eigenvalue weighted by molar-refractivity contribution is 0.00977. The average molecular weight is 321 g/mol. The maximum absolute atomic E-state index is 5.78. The number of unbranched alkanes of at least 4 members (excludes halogenated alkanes) is 4. The molecule has 0 radical (unpaired) electrons. The van der Waals surface area contributed by atoms with Crippen molar-refractivity contribution in [3.05, 3.63) is 35.9 Å². The van der Waals surface area contributed by atoms with Crippen LogP contribution in [-0.4, -0.2) is 24.2 Å².